The molecule has 1 unspecified atom stereocenters. The molecule has 0 aliphatic heterocycles. The maximum atomic E-state index is 2.38. The van der Waals surface area contributed by atoms with Gasteiger partial charge in [-0.3, -0.25) is 0 Å². The van der Waals surface area contributed by atoms with Crippen LogP contribution in [0.25, 0.3) is 39.0 Å². The first kappa shape index (κ1) is 25.2. The molecule has 38 heavy (non-hydrogen) atoms. The van der Waals surface area contributed by atoms with E-state index in [0.717, 1.165) is 6.42 Å². The lowest BCUT2D eigenvalue weighted by atomic mass is 9.92. The van der Waals surface area contributed by atoms with Crippen LogP contribution in [-0.2, 0) is 0 Å². The molecule has 0 amide bonds. The molecular formula is C38H34. The summed E-state index contributed by atoms with van der Waals surface area (Å²) in [5.74, 6) is 0.296. The first-order valence-electron chi connectivity index (χ1n) is 13.5. The average Bonchev–Trinajstić information content (AvgIpc) is 3.00. The molecule has 0 saturated carbocycles. The summed E-state index contributed by atoms with van der Waals surface area (Å²) in [7, 11) is 0. The zero-order valence-corrected chi connectivity index (χ0v) is 22.2. The molecule has 0 aromatic heterocycles. The van der Waals surface area contributed by atoms with E-state index in [2.05, 4.69) is 166 Å². The Bertz CT molecular complexity index is 1500. The van der Waals surface area contributed by atoms with Crippen molar-refractivity contribution in [3.63, 3.8) is 0 Å². The minimum Gasteiger partial charge on any atom is -0.0842 e. The van der Waals surface area contributed by atoms with Gasteiger partial charge in [0.25, 0.3) is 0 Å². The van der Waals surface area contributed by atoms with Crippen LogP contribution in [0.2, 0.25) is 0 Å². The largest absolute Gasteiger partial charge is 0.0842 e. The van der Waals surface area contributed by atoms with Gasteiger partial charge in [-0.2, -0.15) is 0 Å². The number of rotatable bonds is 8. The summed E-state index contributed by atoms with van der Waals surface area (Å²) < 4.78 is 0. The molecule has 0 N–H and O–H groups in total. The van der Waals surface area contributed by atoms with E-state index in [1.54, 1.807) is 0 Å². The predicted octanol–water partition coefficient (Wildman–Crippen LogP) is 10.8. The Labute approximate surface area is 227 Å². The highest BCUT2D eigenvalue weighted by Gasteiger charge is 2.08. The van der Waals surface area contributed by atoms with E-state index in [1.807, 2.05) is 0 Å². The van der Waals surface area contributed by atoms with Gasteiger partial charge < -0.3 is 0 Å². The maximum absolute atomic E-state index is 2.38. The SMILES string of the molecule is CC/C=C\C(=C/C(C)c1ccc(-c2cccc(-c3ccccc3)c2)cc1)c1ccc(-c2ccccc2)cc1. The van der Waals surface area contributed by atoms with E-state index in [-0.39, 0.29) is 0 Å². The summed E-state index contributed by atoms with van der Waals surface area (Å²) in [6.45, 7) is 4.46. The summed E-state index contributed by atoms with van der Waals surface area (Å²) in [5, 5.41) is 0. The van der Waals surface area contributed by atoms with E-state index >= 15 is 0 Å². The highest BCUT2D eigenvalue weighted by atomic mass is 14.1. The van der Waals surface area contributed by atoms with E-state index in [4.69, 9.17) is 0 Å². The highest BCUT2D eigenvalue weighted by Crippen LogP contribution is 2.30. The van der Waals surface area contributed by atoms with Crippen molar-refractivity contribution in [1.29, 1.82) is 0 Å². The number of allylic oxidation sites excluding steroid dienone is 4. The van der Waals surface area contributed by atoms with E-state index in [0.29, 0.717) is 5.92 Å². The summed E-state index contributed by atoms with van der Waals surface area (Å²) in [4.78, 5) is 0. The Balaban J connectivity index is 1.37. The van der Waals surface area contributed by atoms with Gasteiger partial charge in [0.15, 0.2) is 0 Å². The molecule has 0 aliphatic carbocycles. The van der Waals surface area contributed by atoms with Gasteiger partial charge in [0.1, 0.15) is 0 Å². The zero-order chi connectivity index (χ0) is 26.2. The number of hydrogen-bond acceptors (Lipinski definition) is 0. The first-order chi connectivity index (χ1) is 18.7. The first-order valence-corrected chi connectivity index (χ1v) is 13.5. The van der Waals surface area contributed by atoms with Crippen LogP contribution in [0.5, 0.6) is 0 Å². The standard InChI is InChI=1S/C38H34/c1-3-4-12-36(34-25-23-33(24-26-34)31-13-7-5-8-14-31)27-29(2)30-19-21-35(22-20-30)38-18-11-17-37(28-38)32-15-9-6-10-16-32/h4-29H,3H2,1-2H3/b12-4-,36-27+. The van der Waals surface area contributed by atoms with Gasteiger partial charge in [0, 0.05) is 0 Å². The summed E-state index contributed by atoms with van der Waals surface area (Å²) in [6, 6.07) is 47.9. The Morgan fingerprint density at radius 3 is 1.61 bits per heavy atom. The molecule has 5 rings (SSSR count). The van der Waals surface area contributed by atoms with Gasteiger partial charge in [0.2, 0.25) is 0 Å². The van der Waals surface area contributed by atoms with Gasteiger partial charge in [0.05, 0.1) is 0 Å². The maximum Gasteiger partial charge on any atom is -0.000123 e. The minimum absolute atomic E-state index is 0.296. The van der Waals surface area contributed by atoms with Crippen LogP contribution in [0.1, 0.15) is 37.3 Å². The Kier molecular flexibility index (Phi) is 8.11. The Morgan fingerprint density at radius 1 is 0.553 bits per heavy atom. The molecule has 0 heterocycles. The van der Waals surface area contributed by atoms with Crippen molar-refractivity contribution in [3.05, 3.63) is 163 Å². The van der Waals surface area contributed by atoms with Crippen LogP contribution in [0, 0.1) is 0 Å². The number of hydrogen-bond donors (Lipinski definition) is 0. The number of benzene rings is 5. The molecule has 0 nitrogen and oxygen atoms in total. The van der Waals surface area contributed by atoms with Gasteiger partial charge in [-0.1, -0.05) is 159 Å². The lowest BCUT2D eigenvalue weighted by Gasteiger charge is -2.13. The fraction of sp³-hybridized carbons (Fsp3) is 0.105. The van der Waals surface area contributed by atoms with Crippen molar-refractivity contribution in [1.82, 2.24) is 0 Å². The van der Waals surface area contributed by atoms with Crippen molar-refractivity contribution in [2.24, 2.45) is 0 Å². The normalized spacial score (nSPS) is 12.5. The molecule has 0 heteroatoms. The van der Waals surface area contributed by atoms with Gasteiger partial charge in [-0.25, -0.2) is 0 Å². The molecule has 1 atom stereocenters. The summed E-state index contributed by atoms with van der Waals surface area (Å²) in [6.07, 6.45) is 7.91. The van der Waals surface area contributed by atoms with Crippen LogP contribution in [0.3, 0.4) is 0 Å². The topological polar surface area (TPSA) is 0 Å². The van der Waals surface area contributed by atoms with Gasteiger partial charge >= 0.3 is 0 Å². The molecule has 0 spiro atoms. The van der Waals surface area contributed by atoms with Gasteiger partial charge in [-0.05, 0) is 68.5 Å². The van der Waals surface area contributed by atoms with E-state index < -0.39 is 0 Å². The Hall–Kier alpha value is -4.42. The van der Waals surface area contributed by atoms with Crippen molar-refractivity contribution in [2.45, 2.75) is 26.2 Å². The van der Waals surface area contributed by atoms with Crippen molar-refractivity contribution in [3.8, 4) is 33.4 Å². The summed E-state index contributed by atoms with van der Waals surface area (Å²) >= 11 is 0. The van der Waals surface area contributed by atoms with Gasteiger partial charge in [-0.15, -0.1) is 0 Å². The average molecular weight is 491 g/mol. The van der Waals surface area contributed by atoms with E-state index in [1.165, 1.54) is 50.1 Å². The molecule has 0 fully saturated rings. The third kappa shape index (κ3) is 6.10. The fourth-order valence-corrected chi connectivity index (χ4v) is 4.83. The monoisotopic (exact) mass is 490 g/mol. The molecule has 0 radical (unpaired) electrons. The highest BCUT2D eigenvalue weighted by molar-refractivity contribution is 5.77. The fourth-order valence-electron chi connectivity index (χ4n) is 4.83. The molecule has 0 aliphatic rings. The molecular weight excluding hydrogens is 456 g/mol. The van der Waals surface area contributed by atoms with Crippen LogP contribution >= 0.6 is 0 Å². The van der Waals surface area contributed by atoms with Crippen molar-refractivity contribution < 1.29 is 0 Å². The molecule has 5 aromatic carbocycles. The second-order valence-electron chi connectivity index (χ2n) is 9.73. The molecule has 0 bridgehead atoms. The Morgan fingerprint density at radius 2 is 1.03 bits per heavy atom. The third-order valence-electron chi connectivity index (χ3n) is 7.03. The zero-order valence-electron chi connectivity index (χ0n) is 22.2. The molecule has 5 aromatic rings. The minimum atomic E-state index is 0.296. The van der Waals surface area contributed by atoms with Crippen molar-refractivity contribution in [2.75, 3.05) is 0 Å². The smallest absolute Gasteiger partial charge is 0.000123 e. The quantitative estimate of drug-likeness (QED) is 0.190. The lowest BCUT2D eigenvalue weighted by Crippen LogP contribution is -1.92. The second-order valence-corrected chi connectivity index (χ2v) is 9.73. The summed E-state index contributed by atoms with van der Waals surface area (Å²) in [5.41, 5.74) is 11.3. The second kappa shape index (κ2) is 12.2. The van der Waals surface area contributed by atoms with E-state index in [9.17, 15) is 0 Å². The van der Waals surface area contributed by atoms with Crippen LogP contribution in [-0.4, -0.2) is 0 Å². The lowest BCUT2D eigenvalue weighted by molar-refractivity contribution is 0.970. The molecule has 186 valence electrons. The van der Waals surface area contributed by atoms with Crippen molar-refractivity contribution >= 4 is 5.57 Å². The third-order valence-corrected chi connectivity index (χ3v) is 7.03. The molecule has 0 saturated heterocycles. The van der Waals surface area contributed by atoms with Crippen LogP contribution < -0.4 is 0 Å². The van der Waals surface area contributed by atoms with Crippen LogP contribution in [0.15, 0.2) is 152 Å². The van der Waals surface area contributed by atoms with Crippen LogP contribution in [0.4, 0.5) is 0 Å². The predicted molar refractivity (Wildman–Crippen MR) is 165 cm³/mol.